The fourth-order valence-electron chi connectivity index (χ4n) is 0.652. The van der Waals surface area contributed by atoms with Crippen LogP contribution in [0.15, 0.2) is 0 Å². The molecule has 0 rings (SSSR count). The van der Waals surface area contributed by atoms with Gasteiger partial charge in [-0.05, 0) is 13.8 Å². The van der Waals surface area contributed by atoms with Crippen LogP contribution in [0.5, 0.6) is 0 Å². The standard InChI is InChI=1S/C6H14ClO2P/c1-6(2)9-10(3,8)5-4-7/h6H,4-5H2,1-3H3. The van der Waals surface area contributed by atoms with Crippen molar-refractivity contribution in [1.29, 1.82) is 0 Å². The summed E-state index contributed by atoms with van der Waals surface area (Å²) in [6.07, 6.45) is 0.492. The van der Waals surface area contributed by atoms with Gasteiger partial charge in [-0.1, -0.05) is 0 Å². The zero-order valence-electron chi connectivity index (χ0n) is 6.63. The van der Waals surface area contributed by atoms with Crippen LogP contribution >= 0.6 is 19.0 Å². The van der Waals surface area contributed by atoms with Gasteiger partial charge in [0.2, 0.25) is 7.37 Å². The third-order valence-electron chi connectivity index (χ3n) is 0.924. The van der Waals surface area contributed by atoms with Crippen molar-refractivity contribution in [2.24, 2.45) is 0 Å². The summed E-state index contributed by atoms with van der Waals surface area (Å²) in [6.45, 7) is 5.35. The molecular weight excluding hydrogens is 170 g/mol. The van der Waals surface area contributed by atoms with Gasteiger partial charge in [0.25, 0.3) is 0 Å². The maximum Gasteiger partial charge on any atom is 0.201 e. The molecule has 1 atom stereocenters. The van der Waals surface area contributed by atoms with Crippen LogP contribution in [0.2, 0.25) is 0 Å². The second-order valence-corrected chi connectivity index (χ2v) is 5.65. The van der Waals surface area contributed by atoms with Crippen LogP contribution in [0.1, 0.15) is 13.8 Å². The molecule has 0 aliphatic rings. The summed E-state index contributed by atoms with van der Waals surface area (Å²) in [6, 6.07) is 0. The van der Waals surface area contributed by atoms with Gasteiger partial charge in [0.05, 0.1) is 6.10 Å². The van der Waals surface area contributed by atoms with E-state index >= 15 is 0 Å². The molecule has 10 heavy (non-hydrogen) atoms. The van der Waals surface area contributed by atoms with Crippen LogP contribution < -0.4 is 0 Å². The second-order valence-electron chi connectivity index (χ2n) is 2.58. The molecule has 0 saturated carbocycles. The predicted octanol–water partition coefficient (Wildman–Crippen LogP) is 2.56. The van der Waals surface area contributed by atoms with E-state index in [1.54, 1.807) is 6.66 Å². The highest BCUT2D eigenvalue weighted by atomic mass is 35.5. The van der Waals surface area contributed by atoms with Crippen molar-refractivity contribution in [3.05, 3.63) is 0 Å². The van der Waals surface area contributed by atoms with Crippen molar-refractivity contribution < 1.29 is 9.09 Å². The van der Waals surface area contributed by atoms with Crippen LogP contribution in [-0.2, 0) is 9.09 Å². The quantitative estimate of drug-likeness (QED) is 0.496. The molecule has 0 radical (unpaired) electrons. The Morgan fingerprint density at radius 2 is 2.10 bits per heavy atom. The van der Waals surface area contributed by atoms with Crippen LogP contribution in [0.3, 0.4) is 0 Å². The molecule has 0 spiro atoms. The zero-order valence-corrected chi connectivity index (χ0v) is 8.28. The SMILES string of the molecule is CC(C)OP(C)(=O)CCCl. The molecule has 0 N–H and O–H groups in total. The predicted molar refractivity (Wildman–Crippen MR) is 45.3 cm³/mol. The lowest BCUT2D eigenvalue weighted by atomic mass is 10.5. The topological polar surface area (TPSA) is 26.3 Å². The number of hydrogen-bond donors (Lipinski definition) is 0. The molecule has 0 aliphatic heterocycles. The van der Waals surface area contributed by atoms with Crippen LogP contribution in [0.4, 0.5) is 0 Å². The molecule has 0 heterocycles. The van der Waals surface area contributed by atoms with E-state index in [1.807, 2.05) is 13.8 Å². The van der Waals surface area contributed by atoms with Crippen molar-refractivity contribution in [2.45, 2.75) is 20.0 Å². The Morgan fingerprint density at radius 1 is 1.60 bits per heavy atom. The Balaban J connectivity index is 3.75. The van der Waals surface area contributed by atoms with Crippen LogP contribution in [-0.4, -0.2) is 24.8 Å². The summed E-state index contributed by atoms with van der Waals surface area (Å²) in [4.78, 5) is 0. The van der Waals surface area contributed by atoms with E-state index in [2.05, 4.69) is 0 Å². The molecule has 0 fully saturated rings. The average molecular weight is 185 g/mol. The van der Waals surface area contributed by atoms with Gasteiger partial charge in [0.1, 0.15) is 0 Å². The molecule has 0 bridgehead atoms. The van der Waals surface area contributed by atoms with E-state index in [9.17, 15) is 4.57 Å². The third kappa shape index (κ3) is 5.28. The maximum atomic E-state index is 11.3. The molecular formula is C6H14ClO2P. The monoisotopic (exact) mass is 184 g/mol. The summed E-state index contributed by atoms with van der Waals surface area (Å²) in [5.41, 5.74) is 0. The number of rotatable bonds is 4. The smallest absolute Gasteiger partial charge is 0.201 e. The molecule has 62 valence electrons. The Labute approximate surface area is 67.4 Å². The lowest BCUT2D eigenvalue weighted by Crippen LogP contribution is -2.02. The maximum absolute atomic E-state index is 11.3. The first-order valence-electron chi connectivity index (χ1n) is 3.29. The summed E-state index contributed by atoms with van der Waals surface area (Å²) >= 11 is 5.42. The van der Waals surface area contributed by atoms with E-state index in [0.717, 1.165) is 0 Å². The fourth-order valence-corrected chi connectivity index (χ4v) is 2.88. The highest BCUT2D eigenvalue weighted by molar-refractivity contribution is 7.58. The van der Waals surface area contributed by atoms with Gasteiger partial charge >= 0.3 is 0 Å². The van der Waals surface area contributed by atoms with Crippen molar-refractivity contribution >= 4 is 19.0 Å². The Kier molecular flexibility index (Phi) is 4.59. The zero-order chi connectivity index (χ0) is 8.20. The Bertz CT molecular complexity index is 136. The van der Waals surface area contributed by atoms with Gasteiger partial charge in [-0.15, -0.1) is 11.6 Å². The third-order valence-corrected chi connectivity index (χ3v) is 3.28. The number of halogens is 1. The summed E-state index contributed by atoms with van der Waals surface area (Å²) in [5.74, 6) is 0.403. The van der Waals surface area contributed by atoms with E-state index in [1.165, 1.54) is 0 Å². The largest absolute Gasteiger partial charge is 0.326 e. The molecule has 0 aromatic carbocycles. The van der Waals surface area contributed by atoms with Crippen molar-refractivity contribution in [1.82, 2.24) is 0 Å². The van der Waals surface area contributed by atoms with Gasteiger partial charge in [0, 0.05) is 18.7 Å². The van der Waals surface area contributed by atoms with Crippen molar-refractivity contribution in [2.75, 3.05) is 18.7 Å². The molecule has 0 aromatic rings. The fraction of sp³-hybridized carbons (Fsp3) is 1.00. The van der Waals surface area contributed by atoms with Gasteiger partial charge in [-0.2, -0.15) is 0 Å². The second kappa shape index (κ2) is 4.38. The minimum absolute atomic E-state index is 0.0269. The average Bonchev–Trinajstić information content (AvgIpc) is 1.59. The van der Waals surface area contributed by atoms with Gasteiger partial charge < -0.3 is 4.52 Å². The molecule has 4 heteroatoms. The molecule has 0 saturated heterocycles. The number of alkyl halides is 1. The lowest BCUT2D eigenvalue weighted by molar-refractivity contribution is 0.247. The van der Waals surface area contributed by atoms with Gasteiger partial charge in [-0.3, -0.25) is 4.57 Å². The van der Waals surface area contributed by atoms with E-state index in [4.69, 9.17) is 16.1 Å². The minimum Gasteiger partial charge on any atom is -0.326 e. The van der Waals surface area contributed by atoms with Crippen molar-refractivity contribution in [3.63, 3.8) is 0 Å². The highest BCUT2D eigenvalue weighted by Gasteiger charge is 2.15. The molecule has 2 nitrogen and oxygen atoms in total. The summed E-state index contributed by atoms with van der Waals surface area (Å²) in [7, 11) is -2.38. The lowest BCUT2D eigenvalue weighted by Gasteiger charge is -2.14. The van der Waals surface area contributed by atoms with E-state index in [0.29, 0.717) is 12.0 Å². The first kappa shape index (κ1) is 10.5. The van der Waals surface area contributed by atoms with Crippen LogP contribution in [0, 0.1) is 0 Å². The minimum atomic E-state index is -2.38. The first-order valence-corrected chi connectivity index (χ1v) is 6.08. The molecule has 0 aromatic heterocycles. The number of hydrogen-bond acceptors (Lipinski definition) is 2. The molecule has 1 unspecified atom stereocenters. The molecule has 0 amide bonds. The highest BCUT2D eigenvalue weighted by Crippen LogP contribution is 2.43. The molecule has 0 aliphatic carbocycles. The van der Waals surface area contributed by atoms with E-state index < -0.39 is 7.37 Å². The Morgan fingerprint density at radius 3 is 2.40 bits per heavy atom. The van der Waals surface area contributed by atoms with Crippen LogP contribution in [0.25, 0.3) is 0 Å². The summed E-state index contributed by atoms with van der Waals surface area (Å²) in [5, 5.41) is 0. The summed E-state index contributed by atoms with van der Waals surface area (Å²) < 4.78 is 16.5. The van der Waals surface area contributed by atoms with Gasteiger partial charge in [-0.25, -0.2) is 0 Å². The first-order chi connectivity index (χ1) is 4.48. The van der Waals surface area contributed by atoms with E-state index in [-0.39, 0.29) is 6.10 Å². The Hall–Kier alpha value is 0.480. The normalized spacial score (nSPS) is 17.3. The van der Waals surface area contributed by atoms with Crippen molar-refractivity contribution in [3.8, 4) is 0 Å². The van der Waals surface area contributed by atoms with Gasteiger partial charge in [0.15, 0.2) is 0 Å².